The first-order valence-corrected chi connectivity index (χ1v) is 4.58. The van der Waals surface area contributed by atoms with Crippen molar-refractivity contribution < 1.29 is 0 Å². The van der Waals surface area contributed by atoms with E-state index in [-0.39, 0.29) is 10.2 Å². The summed E-state index contributed by atoms with van der Waals surface area (Å²) in [5.41, 5.74) is 6.25. The molecule has 1 aromatic rings. The molecule has 0 radical (unpaired) electrons. The van der Waals surface area contributed by atoms with Crippen molar-refractivity contribution in [2.75, 3.05) is 0 Å². The quantitative estimate of drug-likeness (QED) is 0.633. The van der Waals surface area contributed by atoms with Gasteiger partial charge in [0.25, 0.3) is 0 Å². The second-order valence-electron chi connectivity index (χ2n) is 2.39. The minimum Gasteiger partial charge on any atom is -0.321 e. The Balaban J connectivity index is 3.32. The maximum atomic E-state index is 5.87. The van der Waals surface area contributed by atoms with Crippen LogP contribution in [0.4, 0.5) is 0 Å². The minimum atomic E-state index is -0.430. The van der Waals surface area contributed by atoms with Gasteiger partial charge >= 0.3 is 0 Å². The Morgan fingerprint density at radius 2 is 2.08 bits per heavy atom. The Morgan fingerprint density at radius 3 is 2.62 bits per heavy atom. The van der Waals surface area contributed by atoms with Gasteiger partial charge in [-0.05, 0) is 0 Å². The van der Waals surface area contributed by atoms with E-state index in [2.05, 4.69) is 11.6 Å². The first kappa shape index (κ1) is 10.8. The molecule has 1 heterocycles. The van der Waals surface area contributed by atoms with E-state index in [1.807, 2.05) is 0 Å². The van der Waals surface area contributed by atoms with Crippen LogP contribution in [-0.4, -0.2) is 4.98 Å². The normalized spacial score (nSPS) is 12.6. The van der Waals surface area contributed by atoms with E-state index in [9.17, 15) is 0 Å². The third-order valence-corrected chi connectivity index (χ3v) is 2.62. The second-order valence-corrected chi connectivity index (χ2v) is 3.53. The molecular weight excluding hydrogens is 230 g/mol. The Morgan fingerprint density at radius 1 is 1.46 bits per heavy atom. The van der Waals surface area contributed by atoms with E-state index in [1.165, 1.54) is 12.3 Å². The predicted molar refractivity (Wildman–Crippen MR) is 56.4 cm³/mol. The molecule has 0 saturated carbocycles. The van der Waals surface area contributed by atoms with Crippen molar-refractivity contribution >= 4 is 34.8 Å². The van der Waals surface area contributed by atoms with Crippen LogP contribution >= 0.6 is 34.8 Å². The number of nitrogens with two attached hydrogens (primary N) is 1. The highest BCUT2D eigenvalue weighted by Crippen LogP contribution is 2.33. The molecule has 70 valence electrons. The fourth-order valence-electron chi connectivity index (χ4n) is 0.879. The van der Waals surface area contributed by atoms with Gasteiger partial charge in [-0.15, -0.1) is 6.58 Å². The molecule has 13 heavy (non-hydrogen) atoms. The van der Waals surface area contributed by atoms with E-state index in [1.54, 1.807) is 0 Å². The van der Waals surface area contributed by atoms with Crippen LogP contribution in [0, 0.1) is 0 Å². The molecule has 0 aliphatic heterocycles. The molecule has 2 nitrogen and oxygen atoms in total. The number of rotatable bonds is 2. The smallest absolute Gasteiger partial charge is 0.148 e. The molecule has 0 bridgehead atoms. The fraction of sp³-hybridized carbons (Fsp3) is 0.125. The highest BCUT2D eigenvalue weighted by Gasteiger charge is 2.14. The first-order valence-electron chi connectivity index (χ1n) is 3.45. The fourth-order valence-corrected chi connectivity index (χ4v) is 1.62. The van der Waals surface area contributed by atoms with E-state index in [4.69, 9.17) is 40.5 Å². The average Bonchev–Trinajstić information content (AvgIpc) is 2.12. The van der Waals surface area contributed by atoms with E-state index in [0.29, 0.717) is 10.6 Å². The lowest BCUT2D eigenvalue weighted by atomic mass is 10.1. The summed E-state index contributed by atoms with van der Waals surface area (Å²) in [6.07, 6.45) is 2.94. The predicted octanol–water partition coefficient (Wildman–Crippen LogP) is 3.23. The standard InChI is InChI=1S/C8H7Cl3N2/c1-2-5(12)6-4(9)3-13-8(11)7(6)10/h2-3,5H,1,12H2. The van der Waals surface area contributed by atoms with Crippen LogP contribution in [0.3, 0.4) is 0 Å². The summed E-state index contributed by atoms with van der Waals surface area (Å²) in [5, 5.41) is 0.863. The molecule has 1 rings (SSSR count). The van der Waals surface area contributed by atoms with Crippen molar-refractivity contribution in [2.45, 2.75) is 6.04 Å². The molecular formula is C8H7Cl3N2. The van der Waals surface area contributed by atoms with Gasteiger partial charge in [-0.2, -0.15) is 0 Å². The molecule has 0 amide bonds. The highest BCUT2D eigenvalue weighted by molar-refractivity contribution is 6.43. The Bertz CT molecular complexity index is 338. The molecule has 0 aromatic carbocycles. The molecule has 0 fully saturated rings. The molecule has 0 saturated heterocycles. The summed E-state index contributed by atoms with van der Waals surface area (Å²) in [6.45, 7) is 3.54. The van der Waals surface area contributed by atoms with Gasteiger partial charge < -0.3 is 5.73 Å². The number of hydrogen-bond acceptors (Lipinski definition) is 2. The van der Waals surface area contributed by atoms with Gasteiger partial charge in [-0.25, -0.2) is 4.98 Å². The number of hydrogen-bond donors (Lipinski definition) is 1. The lowest BCUT2D eigenvalue weighted by Gasteiger charge is -2.11. The third-order valence-electron chi connectivity index (χ3n) is 1.55. The molecule has 1 unspecified atom stereocenters. The topological polar surface area (TPSA) is 38.9 Å². The van der Waals surface area contributed by atoms with Gasteiger partial charge in [-0.1, -0.05) is 40.9 Å². The summed E-state index contributed by atoms with van der Waals surface area (Å²) in [6, 6.07) is -0.430. The van der Waals surface area contributed by atoms with Crippen LogP contribution in [0.15, 0.2) is 18.9 Å². The Kier molecular flexibility index (Phi) is 3.56. The zero-order valence-electron chi connectivity index (χ0n) is 6.60. The lowest BCUT2D eigenvalue weighted by molar-refractivity contribution is 0.910. The maximum absolute atomic E-state index is 5.87. The largest absolute Gasteiger partial charge is 0.321 e. The van der Waals surface area contributed by atoms with Crippen molar-refractivity contribution in [2.24, 2.45) is 5.73 Å². The van der Waals surface area contributed by atoms with Crippen molar-refractivity contribution in [1.82, 2.24) is 4.98 Å². The van der Waals surface area contributed by atoms with Crippen LogP contribution in [0.2, 0.25) is 15.2 Å². The van der Waals surface area contributed by atoms with Crippen LogP contribution in [0.1, 0.15) is 11.6 Å². The first-order chi connectivity index (χ1) is 6.07. The molecule has 0 spiro atoms. The van der Waals surface area contributed by atoms with Crippen molar-refractivity contribution in [3.63, 3.8) is 0 Å². The summed E-state index contributed by atoms with van der Waals surface area (Å²) < 4.78 is 0. The number of nitrogens with zero attached hydrogens (tertiary/aromatic N) is 1. The third kappa shape index (κ3) is 2.15. The average molecular weight is 238 g/mol. The number of pyridine rings is 1. The van der Waals surface area contributed by atoms with Crippen LogP contribution in [0.5, 0.6) is 0 Å². The molecule has 5 heteroatoms. The van der Waals surface area contributed by atoms with Crippen molar-refractivity contribution in [3.8, 4) is 0 Å². The highest BCUT2D eigenvalue weighted by atomic mass is 35.5. The number of aromatic nitrogens is 1. The van der Waals surface area contributed by atoms with Crippen molar-refractivity contribution in [1.29, 1.82) is 0 Å². The molecule has 0 aliphatic carbocycles. The van der Waals surface area contributed by atoms with Crippen LogP contribution < -0.4 is 5.73 Å². The van der Waals surface area contributed by atoms with Gasteiger partial charge in [0.2, 0.25) is 0 Å². The van der Waals surface area contributed by atoms with Gasteiger partial charge in [-0.3, -0.25) is 0 Å². The van der Waals surface area contributed by atoms with E-state index in [0.717, 1.165) is 0 Å². The summed E-state index contributed by atoms with van der Waals surface area (Å²) >= 11 is 17.4. The monoisotopic (exact) mass is 236 g/mol. The summed E-state index contributed by atoms with van der Waals surface area (Å²) in [4.78, 5) is 3.77. The van der Waals surface area contributed by atoms with Crippen LogP contribution in [0.25, 0.3) is 0 Å². The van der Waals surface area contributed by atoms with Gasteiger partial charge in [0.15, 0.2) is 0 Å². The molecule has 1 atom stereocenters. The van der Waals surface area contributed by atoms with Crippen molar-refractivity contribution in [3.05, 3.63) is 39.6 Å². The summed E-state index contributed by atoms with van der Waals surface area (Å²) in [5.74, 6) is 0. The Labute approximate surface area is 91.3 Å². The van der Waals surface area contributed by atoms with Gasteiger partial charge in [0.05, 0.1) is 16.1 Å². The lowest BCUT2D eigenvalue weighted by Crippen LogP contribution is -2.08. The molecule has 1 aromatic heterocycles. The Hall–Kier alpha value is -0.280. The summed E-state index contributed by atoms with van der Waals surface area (Å²) in [7, 11) is 0. The second kappa shape index (κ2) is 4.29. The number of halogens is 3. The SMILES string of the molecule is C=CC(N)c1c(Cl)cnc(Cl)c1Cl. The maximum Gasteiger partial charge on any atom is 0.148 e. The van der Waals surface area contributed by atoms with E-state index >= 15 is 0 Å². The van der Waals surface area contributed by atoms with Crippen LogP contribution in [-0.2, 0) is 0 Å². The van der Waals surface area contributed by atoms with Gasteiger partial charge in [0, 0.05) is 11.8 Å². The van der Waals surface area contributed by atoms with E-state index < -0.39 is 6.04 Å². The molecule has 0 aliphatic rings. The van der Waals surface area contributed by atoms with Gasteiger partial charge in [0.1, 0.15) is 5.15 Å². The molecule has 2 N–H and O–H groups in total. The zero-order valence-corrected chi connectivity index (χ0v) is 8.87. The minimum absolute atomic E-state index is 0.193. The zero-order chi connectivity index (χ0) is 10.0.